The molecule has 0 amide bonds. The molecule has 3 heteroatoms. The van der Waals surface area contributed by atoms with E-state index >= 15 is 0 Å². The summed E-state index contributed by atoms with van der Waals surface area (Å²) >= 11 is 0. The van der Waals surface area contributed by atoms with Crippen LogP contribution in [0.25, 0.3) is 0 Å². The number of hydrogen-bond acceptors (Lipinski definition) is 2. The Morgan fingerprint density at radius 2 is 1.94 bits per heavy atom. The van der Waals surface area contributed by atoms with Crippen molar-refractivity contribution in [3.63, 3.8) is 0 Å². The van der Waals surface area contributed by atoms with Crippen LogP contribution in [0.15, 0.2) is 6.07 Å². The molecule has 0 aliphatic rings. The lowest BCUT2D eigenvalue weighted by atomic mass is 10.1. The van der Waals surface area contributed by atoms with E-state index in [1.807, 2.05) is 52.3 Å². The molecule has 0 radical (unpaired) electrons. The summed E-state index contributed by atoms with van der Waals surface area (Å²) in [6.45, 7) is 9.94. The fourth-order valence-electron chi connectivity index (χ4n) is 1.50. The summed E-state index contributed by atoms with van der Waals surface area (Å²) in [6.07, 6.45) is 0. The molecule has 0 aliphatic carbocycles. The lowest BCUT2D eigenvalue weighted by molar-refractivity contribution is 0.00303. The summed E-state index contributed by atoms with van der Waals surface area (Å²) in [7, 11) is 1.96. The van der Waals surface area contributed by atoms with Crippen LogP contribution in [0.1, 0.15) is 42.5 Å². The molecular formula is C13H21NO2. The van der Waals surface area contributed by atoms with Gasteiger partial charge in [-0.05, 0) is 40.7 Å². The number of hydrogen-bond donors (Lipinski definition) is 0. The maximum Gasteiger partial charge on any atom is 0.190 e. The maximum atomic E-state index is 11.9. The summed E-state index contributed by atoms with van der Waals surface area (Å²) in [5.74, 6) is 0.0520. The highest BCUT2D eigenvalue weighted by Gasteiger charge is 2.17. The Morgan fingerprint density at radius 1 is 1.38 bits per heavy atom. The normalized spacial score (nSPS) is 11.9. The molecule has 0 unspecified atom stereocenters. The summed E-state index contributed by atoms with van der Waals surface area (Å²) in [5, 5.41) is 0. The highest BCUT2D eigenvalue weighted by atomic mass is 16.5. The number of aromatic nitrogens is 1. The molecule has 0 aromatic carbocycles. The fourth-order valence-corrected chi connectivity index (χ4v) is 1.50. The van der Waals surface area contributed by atoms with E-state index in [9.17, 15) is 4.79 Å². The molecule has 0 aliphatic heterocycles. The van der Waals surface area contributed by atoms with Crippen LogP contribution in [-0.2, 0) is 11.8 Å². The van der Waals surface area contributed by atoms with Crippen molar-refractivity contribution in [3.8, 4) is 0 Å². The van der Waals surface area contributed by atoms with Gasteiger partial charge >= 0.3 is 0 Å². The Kier molecular flexibility index (Phi) is 3.58. The monoisotopic (exact) mass is 223 g/mol. The molecule has 1 aromatic heterocycles. The molecule has 90 valence electrons. The number of carbonyl (C=O) groups excluding carboxylic acids is 1. The summed E-state index contributed by atoms with van der Waals surface area (Å²) in [4.78, 5) is 11.9. The topological polar surface area (TPSA) is 31.2 Å². The first kappa shape index (κ1) is 13.0. The largest absolute Gasteiger partial charge is 0.368 e. The van der Waals surface area contributed by atoms with Crippen molar-refractivity contribution >= 4 is 5.78 Å². The molecule has 3 nitrogen and oxygen atoms in total. The molecule has 0 fully saturated rings. The SMILES string of the molecule is Cc1cc(C(=O)COC(C)(C)C)c(C)n1C. The van der Waals surface area contributed by atoms with Crippen molar-refractivity contribution in [2.24, 2.45) is 7.05 Å². The van der Waals surface area contributed by atoms with Gasteiger partial charge in [0.15, 0.2) is 5.78 Å². The lowest BCUT2D eigenvalue weighted by Gasteiger charge is -2.18. The average Bonchev–Trinajstić information content (AvgIpc) is 2.41. The highest BCUT2D eigenvalue weighted by molar-refractivity contribution is 5.98. The second kappa shape index (κ2) is 4.42. The van der Waals surface area contributed by atoms with Gasteiger partial charge in [-0.25, -0.2) is 0 Å². The van der Waals surface area contributed by atoms with Crippen molar-refractivity contribution in [2.75, 3.05) is 6.61 Å². The lowest BCUT2D eigenvalue weighted by Crippen LogP contribution is -2.23. The van der Waals surface area contributed by atoms with E-state index in [0.717, 1.165) is 17.0 Å². The van der Waals surface area contributed by atoms with Gasteiger partial charge in [-0.1, -0.05) is 0 Å². The number of ketones is 1. The zero-order chi connectivity index (χ0) is 12.5. The predicted molar refractivity (Wildman–Crippen MR) is 64.9 cm³/mol. The minimum Gasteiger partial charge on any atom is -0.368 e. The molecule has 0 bridgehead atoms. The van der Waals surface area contributed by atoms with Crippen LogP contribution in [0.3, 0.4) is 0 Å². The van der Waals surface area contributed by atoms with Crippen LogP contribution in [0.2, 0.25) is 0 Å². The molecule has 0 saturated heterocycles. The molecule has 0 saturated carbocycles. The highest BCUT2D eigenvalue weighted by Crippen LogP contribution is 2.15. The summed E-state index contributed by atoms with van der Waals surface area (Å²) < 4.78 is 7.51. The second-order valence-electron chi connectivity index (χ2n) is 5.17. The van der Waals surface area contributed by atoms with E-state index < -0.39 is 0 Å². The Morgan fingerprint density at radius 3 is 2.31 bits per heavy atom. The van der Waals surface area contributed by atoms with Crippen molar-refractivity contribution in [3.05, 3.63) is 23.0 Å². The van der Waals surface area contributed by atoms with Crippen LogP contribution in [-0.4, -0.2) is 22.6 Å². The van der Waals surface area contributed by atoms with E-state index in [0.29, 0.717) is 0 Å². The van der Waals surface area contributed by atoms with Crippen molar-refractivity contribution < 1.29 is 9.53 Å². The Bertz CT molecular complexity index is 397. The molecular weight excluding hydrogens is 202 g/mol. The predicted octanol–water partition coefficient (Wildman–Crippen LogP) is 2.64. The van der Waals surface area contributed by atoms with Gasteiger partial charge < -0.3 is 9.30 Å². The standard InChI is InChI=1S/C13H21NO2/c1-9-7-11(10(2)14(9)6)12(15)8-16-13(3,4)5/h7H,8H2,1-6H3. The molecule has 0 spiro atoms. The molecule has 0 atom stereocenters. The zero-order valence-electron chi connectivity index (χ0n) is 11.0. The van der Waals surface area contributed by atoms with Gasteiger partial charge in [0, 0.05) is 24.0 Å². The van der Waals surface area contributed by atoms with Crippen molar-refractivity contribution in [1.29, 1.82) is 0 Å². The van der Waals surface area contributed by atoms with Crippen molar-refractivity contribution in [1.82, 2.24) is 4.57 Å². The molecule has 1 rings (SSSR count). The van der Waals surface area contributed by atoms with Gasteiger partial charge in [0.25, 0.3) is 0 Å². The van der Waals surface area contributed by atoms with Crippen LogP contribution in [0.4, 0.5) is 0 Å². The van der Waals surface area contributed by atoms with Gasteiger partial charge in [-0.3, -0.25) is 4.79 Å². The van der Waals surface area contributed by atoms with Gasteiger partial charge in [0.1, 0.15) is 6.61 Å². The number of rotatable bonds is 3. The van der Waals surface area contributed by atoms with Gasteiger partial charge in [-0.2, -0.15) is 0 Å². The average molecular weight is 223 g/mol. The maximum absolute atomic E-state index is 11.9. The van der Waals surface area contributed by atoms with Crippen LogP contribution >= 0.6 is 0 Å². The van der Waals surface area contributed by atoms with Gasteiger partial charge in [0.2, 0.25) is 0 Å². The van der Waals surface area contributed by atoms with Crippen LogP contribution < -0.4 is 0 Å². The van der Waals surface area contributed by atoms with E-state index in [-0.39, 0.29) is 18.0 Å². The zero-order valence-corrected chi connectivity index (χ0v) is 11.0. The van der Waals surface area contributed by atoms with Crippen molar-refractivity contribution in [2.45, 2.75) is 40.2 Å². The third-order valence-electron chi connectivity index (χ3n) is 2.71. The smallest absolute Gasteiger partial charge is 0.190 e. The minimum absolute atomic E-state index is 0.0520. The molecule has 1 aromatic rings. The molecule has 0 N–H and O–H groups in total. The number of ether oxygens (including phenoxy) is 1. The van der Waals surface area contributed by atoms with Crippen LogP contribution in [0, 0.1) is 13.8 Å². The number of carbonyl (C=O) groups is 1. The fraction of sp³-hybridized carbons (Fsp3) is 0.615. The van der Waals surface area contributed by atoms with E-state index in [4.69, 9.17) is 4.74 Å². The van der Waals surface area contributed by atoms with Gasteiger partial charge in [0.05, 0.1) is 5.60 Å². The first-order valence-electron chi connectivity index (χ1n) is 5.52. The summed E-state index contributed by atoms with van der Waals surface area (Å²) in [5.41, 5.74) is 2.59. The molecule has 16 heavy (non-hydrogen) atoms. The second-order valence-corrected chi connectivity index (χ2v) is 5.17. The Hall–Kier alpha value is -1.09. The van der Waals surface area contributed by atoms with Crippen LogP contribution in [0.5, 0.6) is 0 Å². The van der Waals surface area contributed by atoms with E-state index in [1.165, 1.54) is 0 Å². The third-order valence-corrected chi connectivity index (χ3v) is 2.71. The first-order valence-corrected chi connectivity index (χ1v) is 5.52. The van der Waals surface area contributed by atoms with Gasteiger partial charge in [-0.15, -0.1) is 0 Å². The number of aryl methyl sites for hydroxylation is 1. The summed E-state index contributed by atoms with van der Waals surface area (Å²) in [6, 6.07) is 1.92. The van der Waals surface area contributed by atoms with E-state index in [2.05, 4.69) is 0 Å². The first-order chi connectivity index (χ1) is 7.22. The third kappa shape index (κ3) is 2.95. The Balaban J connectivity index is 2.78. The minimum atomic E-state index is -0.270. The molecule has 1 heterocycles. The Labute approximate surface area is 97.4 Å². The van der Waals surface area contributed by atoms with E-state index in [1.54, 1.807) is 0 Å². The number of nitrogens with zero attached hydrogens (tertiary/aromatic N) is 1. The quantitative estimate of drug-likeness (QED) is 0.738. The number of Topliss-reactive ketones (excluding diaryl/α,β-unsaturated/α-hetero) is 1.